The Kier molecular flexibility index (Phi) is 11.1. The average molecular weight is 1160 g/mol. The van der Waals surface area contributed by atoms with Gasteiger partial charge in [-0.25, -0.2) is 0 Å². The quantitative estimate of drug-likeness (QED) is 0.111. The van der Waals surface area contributed by atoms with Crippen molar-refractivity contribution in [1.82, 2.24) is 0 Å². The molecule has 0 bridgehead atoms. The van der Waals surface area contributed by atoms with Crippen LogP contribution in [0.2, 0.25) is 0 Å². The lowest BCUT2D eigenvalue weighted by molar-refractivity contribution is 1.29. The molecule has 0 spiro atoms. The summed E-state index contributed by atoms with van der Waals surface area (Å²) >= 11 is 0. The second-order valence-electron chi connectivity index (χ2n) is 25.3. The van der Waals surface area contributed by atoms with Crippen LogP contribution in [0.5, 0.6) is 0 Å². The molecule has 422 valence electrons. The van der Waals surface area contributed by atoms with Gasteiger partial charge in [0.05, 0.1) is 0 Å². The molecular formula is C88H54B2N2. The molecule has 0 saturated heterocycles. The van der Waals surface area contributed by atoms with Gasteiger partial charge in [0.25, 0.3) is 0 Å². The minimum atomic E-state index is -0.0993. The third-order valence-electron chi connectivity index (χ3n) is 20.6. The number of hydrogen-bond acceptors (Lipinski definition) is 2. The summed E-state index contributed by atoms with van der Waals surface area (Å²) in [6.45, 7) is -0.199. The number of hydrogen-bond donors (Lipinski definition) is 0. The summed E-state index contributed by atoms with van der Waals surface area (Å²) in [4.78, 5) is 5.10. The van der Waals surface area contributed by atoms with Crippen molar-refractivity contribution in [2.45, 2.75) is 0 Å². The van der Waals surface area contributed by atoms with Crippen molar-refractivity contribution in [3.63, 3.8) is 0 Å². The van der Waals surface area contributed by atoms with Crippen molar-refractivity contribution in [2.24, 2.45) is 0 Å². The van der Waals surface area contributed by atoms with Gasteiger partial charge in [0.1, 0.15) is 0 Å². The molecule has 0 saturated carbocycles. The number of anilines is 6. The zero-order chi connectivity index (χ0) is 60.1. The first kappa shape index (κ1) is 51.2. The van der Waals surface area contributed by atoms with E-state index in [1.807, 2.05) is 0 Å². The van der Waals surface area contributed by atoms with E-state index in [1.165, 1.54) is 177 Å². The smallest absolute Gasteiger partial charge is 0.248 e. The molecule has 0 aliphatic carbocycles. The van der Waals surface area contributed by atoms with Crippen molar-refractivity contribution >= 4 is 113 Å². The first-order valence-electron chi connectivity index (χ1n) is 32.2. The molecule has 4 heterocycles. The first-order valence-corrected chi connectivity index (χ1v) is 32.2. The Labute approximate surface area is 535 Å². The molecule has 0 unspecified atom stereocenters. The Bertz CT molecular complexity index is 5340. The normalized spacial score (nSPS) is 12.9. The summed E-state index contributed by atoms with van der Waals surface area (Å²) in [5, 5.41) is 7.86. The van der Waals surface area contributed by atoms with E-state index in [9.17, 15) is 0 Å². The summed E-state index contributed by atoms with van der Waals surface area (Å²) in [7, 11) is 0. The van der Waals surface area contributed by atoms with Crippen LogP contribution in [-0.4, -0.2) is 13.4 Å². The number of rotatable bonds is 8. The molecule has 0 atom stereocenters. The van der Waals surface area contributed by atoms with E-state index in [2.05, 4.69) is 337 Å². The highest BCUT2D eigenvalue weighted by Gasteiger charge is 2.46. The third kappa shape index (κ3) is 7.35. The van der Waals surface area contributed by atoms with Crippen LogP contribution in [0.15, 0.2) is 328 Å². The molecule has 0 fully saturated rings. The average Bonchev–Trinajstić information content (AvgIpc) is 0.668. The van der Waals surface area contributed by atoms with E-state index < -0.39 is 0 Å². The fourth-order valence-electron chi connectivity index (χ4n) is 16.9. The molecule has 4 heteroatoms. The van der Waals surface area contributed by atoms with Crippen LogP contribution in [0.4, 0.5) is 34.1 Å². The summed E-state index contributed by atoms with van der Waals surface area (Å²) in [5.41, 5.74) is 34.6. The predicted octanol–water partition coefficient (Wildman–Crippen LogP) is 19.1. The number of para-hydroxylation sites is 4. The van der Waals surface area contributed by atoms with Crippen molar-refractivity contribution in [2.75, 3.05) is 9.80 Å². The zero-order valence-corrected chi connectivity index (χ0v) is 50.2. The van der Waals surface area contributed by atoms with E-state index in [1.54, 1.807) is 0 Å². The van der Waals surface area contributed by atoms with Crippen LogP contribution >= 0.6 is 0 Å². The highest BCUT2D eigenvalue weighted by Crippen LogP contribution is 2.54. The van der Waals surface area contributed by atoms with Gasteiger partial charge in [0.15, 0.2) is 0 Å². The monoisotopic (exact) mass is 1160 g/mol. The molecule has 0 radical (unpaired) electrons. The minimum absolute atomic E-state index is 0.0993. The molecule has 0 amide bonds. The van der Waals surface area contributed by atoms with Gasteiger partial charge in [-0.05, 0) is 216 Å². The molecule has 4 aliphatic rings. The highest BCUT2D eigenvalue weighted by molar-refractivity contribution is 7.02. The summed E-state index contributed by atoms with van der Waals surface area (Å²) in [6, 6.07) is 124. The molecule has 4 aliphatic heterocycles. The van der Waals surface area contributed by atoms with Crippen LogP contribution in [0.25, 0.3) is 121 Å². The summed E-state index contributed by atoms with van der Waals surface area (Å²) in [5.74, 6) is 0. The topological polar surface area (TPSA) is 6.48 Å². The van der Waals surface area contributed by atoms with Crippen molar-refractivity contribution < 1.29 is 0 Å². The van der Waals surface area contributed by atoms with Crippen molar-refractivity contribution in [3.8, 4) is 89.0 Å². The molecule has 16 aromatic rings. The summed E-state index contributed by atoms with van der Waals surface area (Å²) < 4.78 is 0. The SMILES string of the molecule is c1ccc(-c2cc3c4c(c2)N(c2ccccc2)c2ccccc2B4c2cc4c(-c5ccccc5-c5ccccc5)cc5c6c(cc7c(-c8ccccc8-c8ccccc8)cc-3c2c7c46)B2c3ccccc3N(c3ccccc3)c3cc(-c4ccccc4)cc-5c32)cc1. The lowest BCUT2D eigenvalue weighted by atomic mass is 9.31. The molecule has 16 aromatic carbocycles. The molecule has 20 rings (SSSR count). The standard InChI is InChI=1S/C88H54B2N2/c1-7-27-55(28-8-1)59-47-73-69-51-67(65-41-21-19-39-63(65)57-31-11-3-12-32-57)71-54-78-84-70(74-48-60(56-29-9-2-10-30-56)50-82-88(74)90(78)76-44-24-26-46-80(76)92(82)62-37-17-6-18-38-62)52-68(66-42-22-20-40-64(66)58-33-13-4-14-34-58)72-53-77(83(69)85(71)86(72)84)89-75-43-23-25-45-79(75)91(81(49-59)87(73)89)61-35-15-5-16-36-61/h1-54H. The molecular weight excluding hydrogens is 1110 g/mol. The maximum Gasteiger partial charge on any atom is 0.248 e. The van der Waals surface area contributed by atoms with Crippen LogP contribution in [0.1, 0.15) is 0 Å². The van der Waals surface area contributed by atoms with Crippen LogP contribution < -0.4 is 42.6 Å². The first-order chi connectivity index (χ1) is 45.7. The zero-order valence-electron chi connectivity index (χ0n) is 50.2. The Hall–Kier alpha value is -11.7. The molecule has 92 heavy (non-hydrogen) atoms. The lowest BCUT2D eigenvalue weighted by Crippen LogP contribution is -2.60. The Morgan fingerprint density at radius 2 is 0.511 bits per heavy atom. The van der Waals surface area contributed by atoms with E-state index >= 15 is 0 Å². The van der Waals surface area contributed by atoms with Crippen LogP contribution in [0, 0.1) is 0 Å². The summed E-state index contributed by atoms with van der Waals surface area (Å²) in [6.07, 6.45) is 0. The van der Waals surface area contributed by atoms with Gasteiger partial charge in [-0.3, -0.25) is 0 Å². The minimum Gasteiger partial charge on any atom is -0.311 e. The van der Waals surface area contributed by atoms with Crippen molar-refractivity contribution in [3.05, 3.63) is 328 Å². The van der Waals surface area contributed by atoms with Gasteiger partial charge in [-0.1, -0.05) is 266 Å². The lowest BCUT2D eigenvalue weighted by Gasteiger charge is -2.42. The van der Waals surface area contributed by atoms with Crippen LogP contribution in [-0.2, 0) is 0 Å². The highest BCUT2D eigenvalue weighted by atomic mass is 15.2. The predicted molar refractivity (Wildman–Crippen MR) is 392 cm³/mol. The van der Waals surface area contributed by atoms with Crippen LogP contribution in [0.3, 0.4) is 0 Å². The Morgan fingerprint density at radius 1 is 0.185 bits per heavy atom. The van der Waals surface area contributed by atoms with Gasteiger partial charge in [0.2, 0.25) is 13.4 Å². The number of fused-ring (bicyclic) bond motifs is 8. The molecule has 2 nitrogen and oxygen atoms in total. The van der Waals surface area contributed by atoms with E-state index in [-0.39, 0.29) is 13.4 Å². The fraction of sp³-hybridized carbons (Fsp3) is 0. The van der Waals surface area contributed by atoms with Gasteiger partial charge in [-0.15, -0.1) is 0 Å². The Balaban J connectivity index is 1.02. The second kappa shape index (κ2) is 19.9. The van der Waals surface area contributed by atoms with E-state index in [4.69, 9.17) is 0 Å². The Morgan fingerprint density at radius 3 is 0.902 bits per heavy atom. The van der Waals surface area contributed by atoms with E-state index in [0.717, 1.165) is 11.4 Å². The van der Waals surface area contributed by atoms with Gasteiger partial charge < -0.3 is 9.80 Å². The molecule has 0 aromatic heterocycles. The van der Waals surface area contributed by atoms with Gasteiger partial charge >= 0.3 is 0 Å². The fourth-order valence-corrected chi connectivity index (χ4v) is 16.9. The third-order valence-corrected chi connectivity index (χ3v) is 20.6. The maximum atomic E-state index is 2.69. The second-order valence-corrected chi connectivity index (χ2v) is 25.3. The largest absolute Gasteiger partial charge is 0.311 e. The van der Waals surface area contributed by atoms with E-state index in [0.29, 0.717) is 0 Å². The molecule has 0 N–H and O–H groups in total. The van der Waals surface area contributed by atoms with Crippen molar-refractivity contribution in [1.29, 1.82) is 0 Å². The number of benzene rings is 16. The van der Waals surface area contributed by atoms with Gasteiger partial charge in [-0.2, -0.15) is 0 Å². The number of nitrogens with zero attached hydrogens (tertiary/aromatic N) is 2. The van der Waals surface area contributed by atoms with Gasteiger partial charge in [0, 0.05) is 34.1 Å². The maximum absolute atomic E-state index is 2.69.